The predicted octanol–water partition coefficient (Wildman–Crippen LogP) is -1.89. The first-order chi connectivity index (χ1) is 7.49. The fraction of sp³-hybridized carbons (Fsp3) is 0.500. The first-order valence-electron chi connectivity index (χ1n) is 4.64. The van der Waals surface area contributed by atoms with Crippen LogP contribution < -0.4 is 11.5 Å². The third-order valence-corrected chi connectivity index (χ3v) is 1.92. The Balaban J connectivity index is 2.51. The number of aryl methyl sites for hydroxylation is 1. The first-order valence-corrected chi connectivity index (χ1v) is 4.64. The molecule has 0 aliphatic heterocycles. The van der Waals surface area contributed by atoms with E-state index in [2.05, 4.69) is 10.3 Å². The molecule has 0 radical (unpaired) electrons. The molecule has 0 aliphatic rings. The molecule has 8 heteroatoms. The molecule has 1 rings (SSSR count). The van der Waals surface area contributed by atoms with Crippen molar-refractivity contribution in [1.82, 2.24) is 15.0 Å². The van der Waals surface area contributed by atoms with Crippen LogP contribution in [0.1, 0.15) is 12.1 Å². The van der Waals surface area contributed by atoms with E-state index in [9.17, 15) is 9.59 Å². The molecule has 8 nitrogen and oxygen atoms in total. The Labute approximate surface area is 91.2 Å². The molecule has 1 amide bonds. The van der Waals surface area contributed by atoms with Gasteiger partial charge < -0.3 is 16.6 Å². The number of nitrogens with two attached hydrogens (primary N) is 2. The minimum Gasteiger partial charge on any atom is -0.480 e. The Bertz CT molecular complexity index is 389. The van der Waals surface area contributed by atoms with E-state index in [0.717, 1.165) is 0 Å². The number of aromatic nitrogens is 3. The van der Waals surface area contributed by atoms with Crippen molar-refractivity contribution in [2.24, 2.45) is 11.5 Å². The second kappa shape index (κ2) is 5.21. The van der Waals surface area contributed by atoms with E-state index in [4.69, 9.17) is 16.6 Å². The van der Waals surface area contributed by atoms with Crippen LogP contribution in [-0.4, -0.2) is 38.0 Å². The summed E-state index contributed by atoms with van der Waals surface area (Å²) in [6.45, 7) is 0.324. The second-order valence-electron chi connectivity index (χ2n) is 3.34. The molecular formula is C8H13N5O3. The second-order valence-corrected chi connectivity index (χ2v) is 3.34. The van der Waals surface area contributed by atoms with Crippen LogP contribution in [0.4, 0.5) is 0 Å². The molecule has 1 aromatic heterocycles. The average molecular weight is 227 g/mol. The molecule has 0 fully saturated rings. The zero-order chi connectivity index (χ0) is 12.1. The smallest absolute Gasteiger partial charge is 0.320 e. The van der Waals surface area contributed by atoms with Gasteiger partial charge in [0.25, 0.3) is 0 Å². The Morgan fingerprint density at radius 1 is 1.56 bits per heavy atom. The van der Waals surface area contributed by atoms with Gasteiger partial charge in [-0.3, -0.25) is 14.3 Å². The molecule has 88 valence electrons. The summed E-state index contributed by atoms with van der Waals surface area (Å²) in [5.74, 6) is -1.52. The highest BCUT2D eigenvalue weighted by molar-refractivity contribution is 5.73. The van der Waals surface area contributed by atoms with Gasteiger partial charge >= 0.3 is 5.97 Å². The van der Waals surface area contributed by atoms with Crippen LogP contribution in [0.25, 0.3) is 0 Å². The van der Waals surface area contributed by atoms with Crippen molar-refractivity contribution in [3.8, 4) is 0 Å². The average Bonchev–Trinajstić information content (AvgIpc) is 2.62. The number of hydrogen-bond donors (Lipinski definition) is 3. The highest BCUT2D eigenvalue weighted by Gasteiger charge is 2.14. The number of rotatable bonds is 6. The molecule has 1 aromatic rings. The van der Waals surface area contributed by atoms with Crippen molar-refractivity contribution >= 4 is 11.9 Å². The minimum atomic E-state index is -1.09. The quantitative estimate of drug-likeness (QED) is 0.519. The number of primary amides is 1. The summed E-state index contributed by atoms with van der Waals surface area (Å²) in [5, 5.41) is 16.0. The molecule has 1 unspecified atom stereocenters. The first kappa shape index (κ1) is 12.1. The van der Waals surface area contributed by atoms with Crippen LogP contribution in [0.15, 0.2) is 6.20 Å². The van der Waals surface area contributed by atoms with E-state index >= 15 is 0 Å². The van der Waals surface area contributed by atoms with Gasteiger partial charge in [0, 0.05) is 19.0 Å². The summed E-state index contributed by atoms with van der Waals surface area (Å²) in [4.78, 5) is 21.0. The van der Waals surface area contributed by atoms with Crippen molar-refractivity contribution < 1.29 is 14.7 Å². The van der Waals surface area contributed by atoms with Gasteiger partial charge in [0.1, 0.15) is 6.04 Å². The van der Waals surface area contributed by atoms with Crippen LogP contribution in [0.5, 0.6) is 0 Å². The standard InChI is InChI=1S/C8H13N5O3/c9-6(8(15)16)3-5-4-13(12-11-5)2-1-7(10)14/h4,6H,1-3,9H2,(H2,10,14)(H,15,16). The van der Waals surface area contributed by atoms with E-state index in [-0.39, 0.29) is 12.8 Å². The number of carboxylic acids is 1. The molecule has 1 atom stereocenters. The summed E-state index contributed by atoms with van der Waals surface area (Å²) in [6, 6.07) is -0.999. The molecule has 5 N–H and O–H groups in total. The largest absolute Gasteiger partial charge is 0.480 e. The fourth-order valence-electron chi connectivity index (χ4n) is 1.08. The summed E-state index contributed by atoms with van der Waals surface area (Å²) in [5.41, 5.74) is 10.8. The van der Waals surface area contributed by atoms with Gasteiger partial charge in [0.2, 0.25) is 5.91 Å². The molecule has 16 heavy (non-hydrogen) atoms. The van der Waals surface area contributed by atoms with E-state index in [1.54, 1.807) is 6.20 Å². The van der Waals surface area contributed by atoms with Gasteiger partial charge in [-0.15, -0.1) is 5.10 Å². The van der Waals surface area contributed by atoms with Gasteiger partial charge in [0.15, 0.2) is 0 Å². The Hall–Kier alpha value is -1.96. The number of carbonyl (C=O) groups is 2. The molecule has 0 saturated carbocycles. The normalized spacial score (nSPS) is 12.3. The Kier molecular flexibility index (Phi) is 3.95. The maximum absolute atomic E-state index is 10.5. The van der Waals surface area contributed by atoms with Crippen molar-refractivity contribution in [1.29, 1.82) is 0 Å². The van der Waals surface area contributed by atoms with Crippen LogP contribution in [-0.2, 0) is 22.6 Å². The number of nitrogens with zero attached hydrogens (tertiary/aromatic N) is 3. The fourth-order valence-corrected chi connectivity index (χ4v) is 1.08. The number of carbonyl (C=O) groups excluding carboxylic acids is 1. The zero-order valence-corrected chi connectivity index (χ0v) is 8.54. The van der Waals surface area contributed by atoms with Crippen LogP contribution in [0, 0.1) is 0 Å². The molecule has 0 aromatic carbocycles. The van der Waals surface area contributed by atoms with Crippen molar-refractivity contribution in [2.45, 2.75) is 25.4 Å². The van der Waals surface area contributed by atoms with Crippen LogP contribution in [0.2, 0.25) is 0 Å². The monoisotopic (exact) mass is 227 g/mol. The SMILES string of the molecule is NC(=O)CCn1cc(CC(N)C(=O)O)nn1. The lowest BCUT2D eigenvalue weighted by Gasteiger charge is -2.01. The van der Waals surface area contributed by atoms with E-state index in [1.807, 2.05) is 0 Å². The maximum Gasteiger partial charge on any atom is 0.320 e. The lowest BCUT2D eigenvalue weighted by atomic mass is 10.2. The van der Waals surface area contributed by atoms with Gasteiger partial charge in [-0.1, -0.05) is 5.21 Å². The number of amides is 1. The highest BCUT2D eigenvalue weighted by Crippen LogP contribution is 1.98. The Morgan fingerprint density at radius 2 is 2.25 bits per heavy atom. The van der Waals surface area contributed by atoms with E-state index in [1.165, 1.54) is 4.68 Å². The minimum absolute atomic E-state index is 0.103. The number of aliphatic carboxylic acids is 1. The van der Waals surface area contributed by atoms with Gasteiger partial charge in [0.05, 0.1) is 12.2 Å². The summed E-state index contributed by atoms with van der Waals surface area (Å²) in [6.07, 6.45) is 1.81. The topological polar surface area (TPSA) is 137 Å². The third kappa shape index (κ3) is 3.65. The lowest BCUT2D eigenvalue weighted by molar-refractivity contribution is -0.138. The third-order valence-electron chi connectivity index (χ3n) is 1.92. The molecule has 0 bridgehead atoms. The van der Waals surface area contributed by atoms with Crippen molar-refractivity contribution in [2.75, 3.05) is 0 Å². The predicted molar refractivity (Wildman–Crippen MR) is 53.1 cm³/mol. The maximum atomic E-state index is 10.5. The summed E-state index contributed by atoms with van der Waals surface area (Å²) in [7, 11) is 0. The van der Waals surface area contributed by atoms with Gasteiger partial charge in [-0.2, -0.15) is 0 Å². The zero-order valence-electron chi connectivity index (χ0n) is 8.54. The Morgan fingerprint density at radius 3 is 2.81 bits per heavy atom. The molecule has 1 heterocycles. The van der Waals surface area contributed by atoms with E-state index < -0.39 is 17.9 Å². The van der Waals surface area contributed by atoms with Crippen LogP contribution >= 0.6 is 0 Å². The molecular weight excluding hydrogens is 214 g/mol. The van der Waals surface area contributed by atoms with Crippen molar-refractivity contribution in [3.63, 3.8) is 0 Å². The lowest BCUT2D eigenvalue weighted by Crippen LogP contribution is -2.32. The molecule has 0 aliphatic carbocycles. The number of carboxylic acid groups (broad SMARTS) is 1. The van der Waals surface area contributed by atoms with E-state index in [0.29, 0.717) is 12.2 Å². The highest BCUT2D eigenvalue weighted by atomic mass is 16.4. The van der Waals surface area contributed by atoms with Gasteiger partial charge in [-0.05, 0) is 0 Å². The molecule has 0 saturated heterocycles. The molecule has 0 spiro atoms. The van der Waals surface area contributed by atoms with Gasteiger partial charge in [-0.25, -0.2) is 0 Å². The number of hydrogen-bond acceptors (Lipinski definition) is 5. The van der Waals surface area contributed by atoms with Crippen molar-refractivity contribution in [3.05, 3.63) is 11.9 Å². The van der Waals surface area contributed by atoms with Crippen LogP contribution in [0.3, 0.4) is 0 Å². The summed E-state index contributed by atoms with van der Waals surface area (Å²) >= 11 is 0. The summed E-state index contributed by atoms with van der Waals surface area (Å²) < 4.78 is 1.43.